The van der Waals surface area contributed by atoms with Gasteiger partial charge in [0.1, 0.15) is 6.07 Å². The number of nitriles is 1. The molecule has 0 heterocycles. The van der Waals surface area contributed by atoms with Crippen molar-refractivity contribution >= 4 is 18.6 Å². The summed E-state index contributed by atoms with van der Waals surface area (Å²) >= 11 is 3.80. The van der Waals surface area contributed by atoms with E-state index in [4.69, 9.17) is 5.26 Å². The first-order valence-corrected chi connectivity index (χ1v) is 5.28. The average molecular weight is 275 g/mol. The molecule has 0 N–H and O–H groups in total. The Hall–Kier alpha value is -1.68. The zero-order valence-electron chi connectivity index (χ0n) is 9.21. The molecule has 0 unspecified atom stereocenters. The van der Waals surface area contributed by atoms with Crippen molar-refractivity contribution in [2.45, 2.75) is 18.0 Å². The molecule has 0 fully saturated rings. The minimum atomic E-state index is -4.71. The van der Waals surface area contributed by atoms with Crippen molar-refractivity contribution in [3.63, 3.8) is 0 Å². The molecule has 0 bridgehead atoms. The number of benzene rings is 1. The van der Waals surface area contributed by atoms with E-state index in [9.17, 15) is 18.0 Å². The van der Waals surface area contributed by atoms with E-state index in [2.05, 4.69) is 17.4 Å². The van der Waals surface area contributed by atoms with Crippen molar-refractivity contribution in [1.29, 1.82) is 5.26 Å². The SMILES string of the molecule is CCOC(=O)c1c(C(F)(F)F)ccc(C#N)c1S. The number of thiol groups is 1. The molecule has 0 atom stereocenters. The fourth-order valence-corrected chi connectivity index (χ4v) is 1.66. The lowest BCUT2D eigenvalue weighted by molar-refractivity contribution is -0.138. The first-order chi connectivity index (χ1) is 8.32. The van der Waals surface area contributed by atoms with Crippen LogP contribution in [0.4, 0.5) is 13.2 Å². The van der Waals surface area contributed by atoms with Crippen LogP contribution in [0.2, 0.25) is 0 Å². The molecule has 18 heavy (non-hydrogen) atoms. The second-order valence-electron chi connectivity index (χ2n) is 3.21. The summed E-state index contributed by atoms with van der Waals surface area (Å²) < 4.78 is 42.8. The van der Waals surface area contributed by atoms with Crippen LogP contribution in [0.1, 0.15) is 28.4 Å². The second-order valence-corrected chi connectivity index (χ2v) is 3.66. The third kappa shape index (κ3) is 2.76. The van der Waals surface area contributed by atoms with Gasteiger partial charge >= 0.3 is 12.1 Å². The van der Waals surface area contributed by atoms with Gasteiger partial charge in [-0.15, -0.1) is 12.6 Å². The average Bonchev–Trinajstić information content (AvgIpc) is 2.27. The Balaban J connectivity index is 3.51. The zero-order valence-corrected chi connectivity index (χ0v) is 10.1. The smallest absolute Gasteiger partial charge is 0.417 e. The number of carbonyl (C=O) groups excluding carboxylic acids is 1. The monoisotopic (exact) mass is 275 g/mol. The minimum Gasteiger partial charge on any atom is -0.462 e. The van der Waals surface area contributed by atoms with Gasteiger partial charge in [-0.25, -0.2) is 4.79 Å². The number of hydrogen-bond donors (Lipinski definition) is 1. The Morgan fingerprint density at radius 1 is 1.50 bits per heavy atom. The van der Waals surface area contributed by atoms with Gasteiger partial charge in [-0.1, -0.05) is 0 Å². The fourth-order valence-electron chi connectivity index (χ4n) is 1.33. The molecule has 0 amide bonds. The molecule has 1 aromatic carbocycles. The van der Waals surface area contributed by atoms with Gasteiger partial charge in [0.15, 0.2) is 0 Å². The van der Waals surface area contributed by atoms with Gasteiger partial charge in [0, 0.05) is 4.90 Å². The molecule has 0 saturated carbocycles. The summed E-state index contributed by atoms with van der Waals surface area (Å²) in [6, 6.07) is 3.30. The third-order valence-corrected chi connectivity index (χ3v) is 2.55. The third-order valence-electron chi connectivity index (χ3n) is 2.08. The largest absolute Gasteiger partial charge is 0.462 e. The number of carbonyl (C=O) groups is 1. The van der Waals surface area contributed by atoms with E-state index >= 15 is 0 Å². The second kappa shape index (κ2) is 5.31. The summed E-state index contributed by atoms with van der Waals surface area (Å²) in [5, 5.41) is 8.72. The summed E-state index contributed by atoms with van der Waals surface area (Å²) in [6.07, 6.45) is -4.71. The predicted octanol–water partition coefficient (Wildman–Crippen LogP) is 3.04. The molecule has 0 spiro atoms. The van der Waals surface area contributed by atoms with Crippen molar-refractivity contribution in [2.75, 3.05) is 6.61 Å². The standard InChI is InChI=1S/C11H8F3NO2S/c1-2-17-10(16)8-7(11(12,13)14)4-3-6(5-15)9(8)18/h3-4,18H,2H2,1H3. The molecule has 0 aliphatic rings. The van der Waals surface area contributed by atoms with E-state index in [1.807, 2.05) is 0 Å². The zero-order chi connectivity index (χ0) is 13.9. The first kappa shape index (κ1) is 14.4. The lowest BCUT2D eigenvalue weighted by Gasteiger charge is -2.14. The molecule has 0 aliphatic carbocycles. The van der Waals surface area contributed by atoms with Crippen LogP contribution in [0.5, 0.6) is 0 Å². The first-order valence-electron chi connectivity index (χ1n) is 4.83. The molecule has 1 rings (SSSR count). The molecule has 0 aliphatic heterocycles. The van der Waals surface area contributed by atoms with Gasteiger partial charge in [0.05, 0.1) is 23.3 Å². The van der Waals surface area contributed by atoms with Crippen molar-refractivity contribution < 1.29 is 22.7 Å². The van der Waals surface area contributed by atoms with Crippen molar-refractivity contribution in [2.24, 2.45) is 0 Å². The maximum atomic E-state index is 12.7. The van der Waals surface area contributed by atoms with Gasteiger partial charge < -0.3 is 4.74 Å². The van der Waals surface area contributed by atoms with Crippen LogP contribution in [0, 0.1) is 11.3 Å². The van der Waals surface area contributed by atoms with Crippen LogP contribution < -0.4 is 0 Å². The molecule has 1 aromatic rings. The molecule has 7 heteroatoms. The quantitative estimate of drug-likeness (QED) is 0.666. The van der Waals surface area contributed by atoms with Crippen LogP contribution in [-0.4, -0.2) is 12.6 Å². The summed E-state index contributed by atoms with van der Waals surface area (Å²) in [5.74, 6) is -1.15. The number of esters is 1. The Kier molecular flexibility index (Phi) is 4.24. The number of nitrogens with zero attached hydrogens (tertiary/aromatic N) is 1. The number of alkyl halides is 3. The summed E-state index contributed by atoms with van der Waals surface area (Å²) in [4.78, 5) is 11.2. The molecule has 96 valence electrons. The molecular weight excluding hydrogens is 267 g/mol. The highest BCUT2D eigenvalue weighted by atomic mass is 32.1. The highest BCUT2D eigenvalue weighted by molar-refractivity contribution is 7.80. The lowest BCUT2D eigenvalue weighted by Crippen LogP contribution is -2.16. The van der Waals surface area contributed by atoms with Crippen molar-refractivity contribution in [3.05, 3.63) is 28.8 Å². The summed E-state index contributed by atoms with van der Waals surface area (Å²) in [5.41, 5.74) is -2.01. The Labute approximate surface area is 107 Å². The number of halogens is 3. The van der Waals surface area contributed by atoms with Crippen LogP contribution >= 0.6 is 12.6 Å². The number of ether oxygens (including phenoxy) is 1. The maximum absolute atomic E-state index is 12.7. The minimum absolute atomic E-state index is 0.0693. The summed E-state index contributed by atoms with van der Waals surface area (Å²) in [6.45, 7) is 1.40. The van der Waals surface area contributed by atoms with E-state index in [1.54, 1.807) is 6.07 Å². The highest BCUT2D eigenvalue weighted by Crippen LogP contribution is 2.36. The van der Waals surface area contributed by atoms with Crippen LogP contribution in [0.25, 0.3) is 0 Å². The normalized spacial score (nSPS) is 10.9. The van der Waals surface area contributed by atoms with Gasteiger partial charge in [0.2, 0.25) is 0 Å². The number of rotatable bonds is 2. The van der Waals surface area contributed by atoms with Crippen LogP contribution in [0.3, 0.4) is 0 Å². The predicted molar refractivity (Wildman–Crippen MR) is 59.4 cm³/mol. The van der Waals surface area contributed by atoms with Gasteiger partial charge in [-0.2, -0.15) is 18.4 Å². The molecule has 0 saturated heterocycles. The Morgan fingerprint density at radius 2 is 2.11 bits per heavy atom. The van der Waals surface area contributed by atoms with Gasteiger partial charge in [-0.05, 0) is 19.1 Å². The van der Waals surface area contributed by atoms with E-state index in [-0.39, 0.29) is 17.1 Å². The Bertz CT molecular complexity index is 520. The lowest BCUT2D eigenvalue weighted by atomic mass is 10.0. The van der Waals surface area contributed by atoms with Gasteiger partial charge in [0.25, 0.3) is 0 Å². The van der Waals surface area contributed by atoms with E-state index < -0.39 is 23.3 Å². The molecule has 3 nitrogen and oxygen atoms in total. The van der Waals surface area contributed by atoms with E-state index in [0.29, 0.717) is 6.07 Å². The topological polar surface area (TPSA) is 50.1 Å². The fraction of sp³-hybridized carbons (Fsp3) is 0.273. The maximum Gasteiger partial charge on any atom is 0.417 e. The summed E-state index contributed by atoms with van der Waals surface area (Å²) in [7, 11) is 0. The Morgan fingerprint density at radius 3 is 2.56 bits per heavy atom. The highest BCUT2D eigenvalue weighted by Gasteiger charge is 2.37. The van der Waals surface area contributed by atoms with Crippen molar-refractivity contribution in [1.82, 2.24) is 0 Å². The van der Waals surface area contributed by atoms with E-state index in [0.717, 1.165) is 6.07 Å². The molecule has 0 aromatic heterocycles. The van der Waals surface area contributed by atoms with Crippen LogP contribution in [-0.2, 0) is 10.9 Å². The van der Waals surface area contributed by atoms with E-state index in [1.165, 1.54) is 6.92 Å². The molecule has 0 radical (unpaired) electrons. The van der Waals surface area contributed by atoms with Gasteiger partial charge in [-0.3, -0.25) is 0 Å². The van der Waals surface area contributed by atoms with Crippen LogP contribution in [0.15, 0.2) is 17.0 Å². The molecular formula is C11H8F3NO2S. The number of hydrogen-bond acceptors (Lipinski definition) is 4. The van der Waals surface area contributed by atoms with Crippen molar-refractivity contribution in [3.8, 4) is 6.07 Å².